The van der Waals surface area contributed by atoms with Gasteiger partial charge in [-0.2, -0.15) is 0 Å². The van der Waals surface area contributed by atoms with Gasteiger partial charge in [0.1, 0.15) is 5.03 Å². The van der Waals surface area contributed by atoms with E-state index in [1.807, 2.05) is 24.3 Å². The highest BCUT2D eigenvalue weighted by Gasteiger charge is 2.13. The van der Waals surface area contributed by atoms with Crippen LogP contribution in [0, 0.1) is 0 Å². The summed E-state index contributed by atoms with van der Waals surface area (Å²) < 4.78 is 1.16. The van der Waals surface area contributed by atoms with Gasteiger partial charge in [0, 0.05) is 10.4 Å². The first-order valence-electron chi connectivity index (χ1n) is 7.31. The minimum atomic E-state index is 0.792. The van der Waals surface area contributed by atoms with Gasteiger partial charge in [-0.05, 0) is 17.9 Å². The van der Waals surface area contributed by atoms with E-state index in [1.54, 1.807) is 23.1 Å². The third-order valence-corrected chi connectivity index (χ3v) is 5.62. The van der Waals surface area contributed by atoms with E-state index >= 15 is 0 Å². The summed E-state index contributed by atoms with van der Waals surface area (Å²) in [7, 11) is 0. The Balaban J connectivity index is 1.90. The van der Waals surface area contributed by atoms with Crippen molar-refractivity contribution in [1.82, 2.24) is 9.97 Å². The molecule has 0 fully saturated rings. The lowest BCUT2D eigenvalue weighted by molar-refractivity contribution is 1.12. The summed E-state index contributed by atoms with van der Waals surface area (Å²) in [6, 6.07) is 22.8. The number of fused-ring (bicyclic) bond motifs is 1. The highest BCUT2D eigenvalue weighted by atomic mass is 32.2. The molecule has 2 aromatic carbocycles. The molecule has 0 aliphatic rings. The first-order chi connectivity index (χ1) is 11.3. The van der Waals surface area contributed by atoms with Gasteiger partial charge in [0.25, 0.3) is 0 Å². The van der Waals surface area contributed by atoms with Crippen molar-refractivity contribution in [2.45, 2.75) is 5.03 Å². The van der Waals surface area contributed by atoms with Crippen molar-refractivity contribution in [2.24, 2.45) is 0 Å². The topological polar surface area (TPSA) is 25.8 Å². The second kappa shape index (κ2) is 6.14. The van der Waals surface area contributed by atoms with Crippen LogP contribution in [0.5, 0.6) is 0 Å². The second-order valence-corrected chi connectivity index (χ2v) is 6.96. The molecule has 0 spiro atoms. The molecule has 2 nitrogen and oxygen atoms in total. The van der Waals surface area contributed by atoms with Gasteiger partial charge < -0.3 is 0 Å². The number of thioether (sulfide) groups is 1. The Kier molecular flexibility index (Phi) is 3.85. The molecule has 0 bridgehead atoms. The molecule has 0 N–H and O–H groups in total. The summed E-state index contributed by atoms with van der Waals surface area (Å²) in [4.78, 5) is 10.8. The fourth-order valence-corrected chi connectivity index (χ4v) is 4.33. The molecule has 4 aromatic rings. The van der Waals surface area contributed by atoms with Crippen molar-refractivity contribution < 1.29 is 0 Å². The minimum absolute atomic E-state index is 0.792. The first-order valence-corrected chi connectivity index (χ1v) is 9.36. The van der Waals surface area contributed by atoms with E-state index in [1.165, 1.54) is 10.4 Å². The fraction of sp³-hybridized carbons (Fsp3) is 0.0526. The van der Waals surface area contributed by atoms with E-state index in [-0.39, 0.29) is 0 Å². The molecule has 2 heterocycles. The van der Waals surface area contributed by atoms with E-state index in [4.69, 9.17) is 9.97 Å². The normalized spacial score (nSPS) is 11.0. The number of rotatable bonds is 3. The van der Waals surface area contributed by atoms with Crippen LogP contribution < -0.4 is 0 Å². The second-order valence-electron chi connectivity index (χ2n) is 5.11. The third-order valence-electron chi connectivity index (χ3n) is 3.62. The zero-order valence-electron chi connectivity index (χ0n) is 12.6. The van der Waals surface area contributed by atoms with Gasteiger partial charge in [-0.15, -0.1) is 23.1 Å². The fourth-order valence-electron chi connectivity index (χ4n) is 2.50. The third kappa shape index (κ3) is 2.76. The van der Waals surface area contributed by atoms with Gasteiger partial charge in [-0.1, -0.05) is 60.7 Å². The van der Waals surface area contributed by atoms with Gasteiger partial charge in [-0.3, -0.25) is 0 Å². The summed E-state index contributed by atoms with van der Waals surface area (Å²) >= 11 is 3.43. The maximum atomic E-state index is 4.79. The SMILES string of the molecule is CSc1nc(-c2ccccc2)nc2cc(-c3ccccc3)sc12. The molecular weight excluding hydrogens is 320 g/mol. The maximum absolute atomic E-state index is 4.79. The molecule has 0 aliphatic heterocycles. The van der Waals surface area contributed by atoms with Crippen LogP contribution in [0.1, 0.15) is 0 Å². The average molecular weight is 334 g/mol. The van der Waals surface area contributed by atoms with E-state index < -0.39 is 0 Å². The number of benzene rings is 2. The first kappa shape index (κ1) is 14.4. The Labute approximate surface area is 143 Å². The molecule has 0 saturated heterocycles. The zero-order valence-corrected chi connectivity index (χ0v) is 14.2. The summed E-state index contributed by atoms with van der Waals surface area (Å²) in [5, 5.41) is 1.04. The molecule has 0 amide bonds. The molecule has 0 radical (unpaired) electrons. The average Bonchev–Trinajstić information content (AvgIpc) is 3.06. The monoisotopic (exact) mass is 334 g/mol. The highest BCUT2D eigenvalue weighted by molar-refractivity contribution is 7.98. The minimum Gasteiger partial charge on any atom is -0.227 e. The molecule has 4 rings (SSSR count). The largest absolute Gasteiger partial charge is 0.227 e. The Morgan fingerprint density at radius 3 is 2.13 bits per heavy atom. The number of hydrogen-bond donors (Lipinski definition) is 0. The van der Waals surface area contributed by atoms with E-state index in [2.05, 4.69) is 48.7 Å². The highest BCUT2D eigenvalue weighted by Crippen LogP contribution is 2.37. The van der Waals surface area contributed by atoms with Crippen LogP contribution in [0.15, 0.2) is 71.8 Å². The van der Waals surface area contributed by atoms with E-state index in [9.17, 15) is 0 Å². The van der Waals surface area contributed by atoms with Crippen LogP contribution in [0.3, 0.4) is 0 Å². The number of aromatic nitrogens is 2. The van der Waals surface area contributed by atoms with Gasteiger partial charge in [-0.25, -0.2) is 9.97 Å². The molecule has 0 atom stereocenters. The lowest BCUT2D eigenvalue weighted by Crippen LogP contribution is -1.90. The number of thiophene rings is 1. The van der Waals surface area contributed by atoms with Crippen molar-refractivity contribution in [3.05, 3.63) is 66.7 Å². The Morgan fingerprint density at radius 2 is 1.48 bits per heavy atom. The van der Waals surface area contributed by atoms with Crippen LogP contribution in [0.2, 0.25) is 0 Å². The van der Waals surface area contributed by atoms with Crippen molar-refractivity contribution >= 4 is 33.3 Å². The summed E-state index contributed by atoms with van der Waals surface area (Å²) in [6.45, 7) is 0. The molecule has 0 aliphatic carbocycles. The van der Waals surface area contributed by atoms with Crippen molar-refractivity contribution in [1.29, 1.82) is 0 Å². The van der Waals surface area contributed by atoms with Crippen molar-refractivity contribution in [2.75, 3.05) is 6.26 Å². The van der Waals surface area contributed by atoms with Gasteiger partial charge >= 0.3 is 0 Å². The predicted octanol–water partition coefficient (Wildman–Crippen LogP) is 5.75. The predicted molar refractivity (Wildman–Crippen MR) is 100 cm³/mol. The molecule has 23 heavy (non-hydrogen) atoms. The Bertz CT molecular complexity index is 947. The Hall–Kier alpha value is -2.17. The number of nitrogens with zero attached hydrogens (tertiary/aromatic N) is 2. The lowest BCUT2D eigenvalue weighted by atomic mass is 10.2. The van der Waals surface area contributed by atoms with E-state index in [0.717, 1.165) is 26.6 Å². The summed E-state index contributed by atoms with van der Waals surface area (Å²) in [5.41, 5.74) is 3.30. The molecular formula is C19H14N2S2. The summed E-state index contributed by atoms with van der Waals surface area (Å²) in [5.74, 6) is 0.792. The Morgan fingerprint density at radius 1 is 0.826 bits per heavy atom. The zero-order chi connectivity index (χ0) is 15.6. The molecule has 2 aromatic heterocycles. The van der Waals surface area contributed by atoms with Crippen LogP contribution >= 0.6 is 23.1 Å². The van der Waals surface area contributed by atoms with Crippen molar-refractivity contribution in [3.63, 3.8) is 0 Å². The van der Waals surface area contributed by atoms with Gasteiger partial charge in [0.2, 0.25) is 0 Å². The molecule has 0 saturated carbocycles. The maximum Gasteiger partial charge on any atom is 0.161 e. The smallest absolute Gasteiger partial charge is 0.161 e. The molecule has 112 valence electrons. The van der Waals surface area contributed by atoms with Crippen LogP contribution in [0.25, 0.3) is 32.0 Å². The van der Waals surface area contributed by atoms with Crippen LogP contribution in [-0.2, 0) is 0 Å². The molecule has 0 unspecified atom stereocenters. The van der Waals surface area contributed by atoms with E-state index in [0.29, 0.717) is 0 Å². The van der Waals surface area contributed by atoms with Gasteiger partial charge in [0.05, 0.1) is 10.2 Å². The van der Waals surface area contributed by atoms with Crippen molar-refractivity contribution in [3.8, 4) is 21.8 Å². The quantitative estimate of drug-likeness (QED) is 0.352. The van der Waals surface area contributed by atoms with Gasteiger partial charge in [0.15, 0.2) is 5.82 Å². The molecule has 4 heteroatoms. The van der Waals surface area contributed by atoms with Crippen LogP contribution in [-0.4, -0.2) is 16.2 Å². The lowest BCUT2D eigenvalue weighted by Gasteiger charge is -2.03. The standard InChI is InChI=1S/C19H14N2S2/c1-22-19-17-15(12-16(23-17)13-8-4-2-5-9-13)20-18(21-19)14-10-6-3-7-11-14/h2-12H,1H3. The van der Waals surface area contributed by atoms with Crippen LogP contribution in [0.4, 0.5) is 0 Å². The number of hydrogen-bond acceptors (Lipinski definition) is 4. The summed E-state index contributed by atoms with van der Waals surface area (Å²) in [6.07, 6.45) is 2.07.